The number of aliphatic carboxylic acids is 1. The number of aryl methyl sites for hydroxylation is 2. The molecule has 4 N–H and O–H groups in total. The molecule has 0 unspecified atom stereocenters. The molecule has 0 radical (unpaired) electrons. The van der Waals surface area contributed by atoms with E-state index in [1.165, 1.54) is 12.3 Å². The molecular weight excluding hydrogens is 503 g/mol. The number of carbonyl (C=O) groups is 2. The number of pyridine rings is 1. The van der Waals surface area contributed by atoms with Crippen LogP contribution in [0, 0.1) is 13.8 Å². The molecule has 0 aliphatic heterocycles. The van der Waals surface area contributed by atoms with E-state index in [4.69, 9.17) is 20.1 Å². The lowest BCUT2D eigenvalue weighted by Crippen LogP contribution is -2.32. The van der Waals surface area contributed by atoms with Crippen LogP contribution in [-0.4, -0.2) is 36.6 Å². The highest BCUT2D eigenvalue weighted by atomic mass is 32.2. The summed E-state index contributed by atoms with van der Waals surface area (Å²) in [6, 6.07) is 6.89. The summed E-state index contributed by atoms with van der Waals surface area (Å²) < 4.78 is 65.2. The van der Waals surface area contributed by atoms with Crippen molar-refractivity contribution in [2.75, 3.05) is 0 Å². The number of carbonyl (C=O) groups excluding carboxylic acids is 1. The average molecular weight is 530 g/mol. The molecule has 2 aromatic heterocycles. The zero-order valence-corrected chi connectivity index (χ0v) is 21.0. The Balaban J connectivity index is 0.000000572. The first-order valence-corrected chi connectivity index (χ1v) is 11.9. The quantitative estimate of drug-likeness (QED) is 0.459. The number of amides is 1. The highest BCUT2D eigenvalue weighted by Crippen LogP contribution is 2.29. The Morgan fingerprint density at radius 1 is 1.08 bits per heavy atom. The average Bonchev–Trinajstić information content (AvgIpc) is 3.14. The van der Waals surface area contributed by atoms with Gasteiger partial charge in [-0.25, -0.2) is 22.9 Å². The third-order valence-corrected chi connectivity index (χ3v) is 6.59. The van der Waals surface area contributed by atoms with Crippen molar-refractivity contribution in [3.8, 4) is 0 Å². The number of aromatic nitrogens is 1. The summed E-state index contributed by atoms with van der Waals surface area (Å²) in [4.78, 5) is 25.7. The fourth-order valence-corrected chi connectivity index (χ4v) is 4.68. The topological polar surface area (TPSA) is 153 Å². The number of halogens is 3. The molecule has 0 saturated carbocycles. The number of hydrogen-bond acceptors (Lipinski definition) is 7. The Morgan fingerprint density at radius 2 is 1.61 bits per heavy atom. The smallest absolute Gasteiger partial charge is 0.475 e. The van der Waals surface area contributed by atoms with Crippen molar-refractivity contribution in [2.45, 2.75) is 57.7 Å². The van der Waals surface area contributed by atoms with Crippen LogP contribution in [0.3, 0.4) is 0 Å². The van der Waals surface area contributed by atoms with Gasteiger partial charge >= 0.3 is 12.1 Å². The minimum absolute atomic E-state index is 0.113. The minimum atomic E-state index is -5.08. The number of sulfonamides is 1. The van der Waals surface area contributed by atoms with Crippen molar-refractivity contribution in [3.63, 3.8) is 0 Å². The summed E-state index contributed by atoms with van der Waals surface area (Å²) in [5, 5.41) is 7.71. The van der Waals surface area contributed by atoms with E-state index >= 15 is 0 Å². The van der Waals surface area contributed by atoms with E-state index in [1.54, 1.807) is 19.9 Å². The number of nitrogens with zero attached hydrogens (tertiary/aromatic N) is 1. The van der Waals surface area contributed by atoms with Gasteiger partial charge in [0, 0.05) is 11.6 Å². The first-order chi connectivity index (χ1) is 16.4. The maximum absolute atomic E-state index is 12.9. The number of nitrogens with two attached hydrogens (primary N) is 1. The molecule has 36 heavy (non-hydrogen) atoms. The second-order valence-corrected chi connectivity index (χ2v) is 10.6. The van der Waals surface area contributed by atoms with Crippen LogP contribution in [0.4, 0.5) is 13.2 Å². The molecule has 0 saturated heterocycles. The number of carboxylic acids is 1. The van der Waals surface area contributed by atoms with Crippen molar-refractivity contribution in [3.05, 3.63) is 58.5 Å². The van der Waals surface area contributed by atoms with Crippen LogP contribution in [-0.2, 0) is 26.8 Å². The summed E-state index contributed by atoms with van der Waals surface area (Å²) in [5.74, 6) is -2.98. The Morgan fingerprint density at radius 3 is 2.06 bits per heavy atom. The maximum atomic E-state index is 12.9. The van der Waals surface area contributed by atoms with Crippen molar-refractivity contribution in [1.82, 2.24) is 9.71 Å². The van der Waals surface area contributed by atoms with Gasteiger partial charge < -0.3 is 15.3 Å². The van der Waals surface area contributed by atoms with Crippen molar-refractivity contribution in [2.24, 2.45) is 5.73 Å². The highest BCUT2D eigenvalue weighted by Gasteiger charge is 2.38. The maximum Gasteiger partial charge on any atom is 0.490 e. The van der Waals surface area contributed by atoms with Crippen LogP contribution in [0.5, 0.6) is 0 Å². The molecule has 0 fully saturated rings. The molecule has 0 bridgehead atoms. The SMILES string of the molecule is Cc1cc(C(C)(C)C)cc(C)c1S(=O)(=O)NC(=O)c1cnc2oc(CN)cc2c1.O=C(O)C(F)(F)F. The van der Waals surface area contributed by atoms with Crippen LogP contribution in [0.15, 0.2) is 39.8 Å². The number of carboxylic acid groups (broad SMARTS) is 1. The Kier molecular flexibility index (Phi) is 8.21. The van der Waals surface area contributed by atoms with Gasteiger partial charge in [-0.2, -0.15) is 13.2 Å². The van der Waals surface area contributed by atoms with E-state index in [9.17, 15) is 26.4 Å². The molecule has 9 nitrogen and oxygen atoms in total. The van der Waals surface area contributed by atoms with E-state index in [0.29, 0.717) is 28.0 Å². The summed E-state index contributed by atoms with van der Waals surface area (Å²) in [6.07, 6.45) is -3.81. The van der Waals surface area contributed by atoms with Crippen molar-refractivity contribution in [1.29, 1.82) is 0 Å². The number of hydrogen-bond donors (Lipinski definition) is 3. The van der Waals surface area contributed by atoms with Crippen LogP contribution >= 0.6 is 0 Å². The number of nitrogens with one attached hydrogen (secondary N) is 1. The van der Waals surface area contributed by atoms with Gasteiger partial charge in [0.2, 0.25) is 5.71 Å². The zero-order valence-electron chi connectivity index (χ0n) is 20.1. The number of rotatable bonds is 4. The fraction of sp³-hybridized carbons (Fsp3) is 0.348. The molecule has 1 amide bonds. The van der Waals surface area contributed by atoms with E-state index in [-0.39, 0.29) is 22.4 Å². The second-order valence-electron chi connectivity index (χ2n) is 8.96. The standard InChI is InChI=1S/C21H25N3O4S.C2HF3O2/c1-12-6-16(21(3,4)5)7-13(2)18(12)29(26,27)24-19(25)15-8-14-9-17(10-22)28-20(14)23-11-15;3-2(4,5)1(6)7/h6-9,11H,10,22H2,1-5H3,(H,24,25);(H,6,7). The molecule has 1 aromatic carbocycles. The Hall–Kier alpha value is -3.45. The molecular formula is C23H26F3N3O6S. The Labute approximate surface area is 205 Å². The fourth-order valence-electron chi connectivity index (χ4n) is 3.25. The molecule has 0 aliphatic carbocycles. The highest BCUT2D eigenvalue weighted by molar-refractivity contribution is 7.90. The summed E-state index contributed by atoms with van der Waals surface area (Å²) in [5.41, 5.74) is 8.10. The zero-order chi connectivity index (χ0) is 27.6. The van der Waals surface area contributed by atoms with E-state index < -0.39 is 28.1 Å². The molecule has 3 rings (SSSR count). The Bertz CT molecular complexity index is 1380. The summed E-state index contributed by atoms with van der Waals surface area (Å²) in [6.45, 7) is 9.85. The summed E-state index contributed by atoms with van der Waals surface area (Å²) in [7, 11) is -4.05. The van der Waals surface area contributed by atoms with Crippen LogP contribution in [0.25, 0.3) is 11.1 Å². The molecule has 0 aliphatic rings. The second kappa shape index (κ2) is 10.3. The molecule has 2 heterocycles. The van der Waals surface area contributed by atoms with Gasteiger partial charge in [0.25, 0.3) is 15.9 Å². The lowest BCUT2D eigenvalue weighted by Gasteiger charge is -2.22. The summed E-state index contributed by atoms with van der Waals surface area (Å²) >= 11 is 0. The largest absolute Gasteiger partial charge is 0.490 e. The van der Waals surface area contributed by atoms with Gasteiger partial charge in [-0.15, -0.1) is 0 Å². The van der Waals surface area contributed by atoms with Gasteiger partial charge in [-0.1, -0.05) is 32.9 Å². The lowest BCUT2D eigenvalue weighted by atomic mass is 9.85. The predicted octanol–water partition coefficient (Wildman–Crippen LogP) is 3.95. The van der Waals surface area contributed by atoms with Gasteiger partial charge in [0.15, 0.2) is 0 Å². The lowest BCUT2D eigenvalue weighted by molar-refractivity contribution is -0.192. The predicted molar refractivity (Wildman–Crippen MR) is 125 cm³/mol. The van der Waals surface area contributed by atoms with E-state index in [2.05, 4.69) is 30.5 Å². The van der Waals surface area contributed by atoms with Crippen molar-refractivity contribution < 1.29 is 40.7 Å². The number of furan rings is 1. The van der Waals surface area contributed by atoms with Gasteiger partial charge in [-0.05, 0) is 48.1 Å². The van der Waals surface area contributed by atoms with Crippen LogP contribution in [0.2, 0.25) is 0 Å². The molecule has 13 heteroatoms. The van der Waals surface area contributed by atoms with Gasteiger partial charge in [0.1, 0.15) is 5.76 Å². The van der Waals surface area contributed by atoms with E-state index in [0.717, 1.165) is 5.56 Å². The monoisotopic (exact) mass is 529 g/mol. The van der Waals surface area contributed by atoms with Gasteiger partial charge in [-0.3, -0.25) is 4.79 Å². The van der Waals surface area contributed by atoms with Crippen LogP contribution < -0.4 is 10.5 Å². The minimum Gasteiger partial charge on any atom is -0.475 e. The third-order valence-electron chi connectivity index (χ3n) is 4.95. The van der Waals surface area contributed by atoms with Gasteiger partial charge in [0.05, 0.1) is 17.0 Å². The number of fused-ring (bicyclic) bond motifs is 1. The normalized spacial score (nSPS) is 12.1. The number of alkyl halides is 3. The molecule has 0 atom stereocenters. The van der Waals surface area contributed by atoms with E-state index in [1.807, 2.05) is 12.1 Å². The van der Waals surface area contributed by atoms with Crippen molar-refractivity contribution >= 4 is 33.0 Å². The molecule has 196 valence electrons. The first kappa shape index (κ1) is 28.8. The van der Waals surface area contributed by atoms with Crippen LogP contribution in [0.1, 0.15) is 53.6 Å². The first-order valence-electron chi connectivity index (χ1n) is 10.4. The third kappa shape index (κ3) is 6.82. The number of benzene rings is 1. The molecule has 0 spiro atoms. The molecule has 3 aromatic rings.